The van der Waals surface area contributed by atoms with E-state index in [1.165, 1.54) is 11.8 Å². The third-order valence-corrected chi connectivity index (χ3v) is 2.17. The predicted molar refractivity (Wildman–Crippen MR) is 33.0 cm³/mol. The molecule has 1 aliphatic heterocycles. The molecule has 1 saturated heterocycles. The third-order valence-electron chi connectivity index (χ3n) is 0.989. The van der Waals surface area contributed by atoms with E-state index >= 15 is 0 Å². The normalized spacial score (nSPS) is 34.8. The predicted octanol–water partition coefficient (Wildman–Crippen LogP) is -0.948. The highest BCUT2D eigenvalue weighted by Gasteiger charge is 2.27. The lowest BCUT2D eigenvalue weighted by atomic mass is 10.6. The van der Waals surface area contributed by atoms with E-state index in [-0.39, 0.29) is 0 Å². The number of hydrogen-bond acceptors (Lipinski definition) is 4. The summed E-state index contributed by atoms with van der Waals surface area (Å²) >= 11 is 1.20. The molecule has 1 aliphatic rings. The fourth-order valence-corrected chi connectivity index (χ4v) is 1.47. The highest BCUT2D eigenvalue weighted by Crippen LogP contribution is 2.16. The van der Waals surface area contributed by atoms with Crippen LogP contribution in [0.3, 0.4) is 0 Å². The Morgan fingerprint density at radius 1 is 1.78 bits per heavy atom. The SMILES string of the molecule is O=C(O)C1NC(O)CS1. The molecule has 1 fully saturated rings. The number of thioether (sulfide) groups is 1. The highest BCUT2D eigenvalue weighted by molar-refractivity contribution is 8.00. The number of carboxylic acids is 1. The Bertz CT molecular complexity index is 129. The number of nitrogens with one attached hydrogen (secondary N) is 1. The van der Waals surface area contributed by atoms with Gasteiger partial charge in [0, 0.05) is 5.75 Å². The second kappa shape index (κ2) is 2.55. The number of carboxylic acid groups (broad SMARTS) is 1. The second-order valence-corrected chi connectivity index (χ2v) is 2.87. The van der Waals surface area contributed by atoms with Crippen molar-refractivity contribution in [1.29, 1.82) is 0 Å². The first-order valence-electron chi connectivity index (χ1n) is 2.48. The first kappa shape index (κ1) is 6.85. The van der Waals surface area contributed by atoms with E-state index in [1.807, 2.05) is 0 Å². The minimum atomic E-state index is -0.920. The van der Waals surface area contributed by atoms with Gasteiger partial charge in [-0.2, -0.15) is 0 Å². The Kier molecular flexibility index (Phi) is 1.94. The maximum atomic E-state index is 10.2. The summed E-state index contributed by atoms with van der Waals surface area (Å²) in [6.45, 7) is 0. The van der Waals surface area contributed by atoms with Crippen molar-refractivity contribution in [2.24, 2.45) is 0 Å². The van der Waals surface area contributed by atoms with Gasteiger partial charge in [-0.1, -0.05) is 0 Å². The van der Waals surface area contributed by atoms with Gasteiger partial charge in [-0.3, -0.25) is 5.32 Å². The molecule has 0 aliphatic carbocycles. The average Bonchev–Trinajstić information content (AvgIpc) is 2.14. The van der Waals surface area contributed by atoms with Crippen LogP contribution < -0.4 is 5.32 Å². The second-order valence-electron chi connectivity index (χ2n) is 1.73. The van der Waals surface area contributed by atoms with E-state index in [0.29, 0.717) is 5.75 Å². The zero-order valence-corrected chi connectivity index (χ0v) is 5.39. The Morgan fingerprint density at radius 2 is 2.44 bits per heavy atom. The van der Waals surface area contributed by atoms with Crippen LogP contribution in [-0.4, -0.2) is 33.5 Å². The summed E-state index contributed by atoms with van der Waals surface area (Å²) in [5.41, 5.74) is 0. The Morgan fingerprint density at radius 3 is 2.67 bits per heavy atom. The summed E-state index contributed by atoms with van der Waals surface area (Å²) in [5.74, 6) is -0.465. The molecule has 2 unspecified atom stereocenters. The molecule has 0 amide bonds. The van der Waals surface area contributed by atoms with Crippen LogP contribution in [0.1, 0.15) is 0 Å². The molecular formula is C4H7NO3S. The lowest BCUT2D eigenvalue weighted by Gasteiger charge is -2.01. The van der Waals surface area contributed by atoms with Crippen LogP contribution in [0, 0.1) is 0 Å². The van der Waals surface area contributed by atoms with Gasteiger partial charge >= 0.3 is 5.97 Å². The van der Waals surface area contributed by atoms with Crippen LogP contribution in [0.4, 0.5) is 0 Å². The summed E-state index contributed by atoms with van der Waals surface area (Å²) < 4.78 is 0. The van der Waals surface area contributed by atoms with Crippen LogP contribution in [0.5, 0.6) is 0 Å². The van der Waals surface area contributed by atoms with Crippen molar-refractivity contribution in [1.82, 2.24) is 5.32 Å². The Balaban J connectivity index is 2.39. The zero-order chi connectivity index (χ0) is 6.85. The Hall–Kier alpha value is -0.260. The van der Waals surface area contributed by atoms with Crippen LogP contribution in [-0.2, 0) is 4.79 Å². The summed E-state index contributed by atoms with van der Waals surface area (Å²) in [6.07, 6.45) is -0.656. The molecule has 4 nitrogen and oxygen atoms in total. The molecule has 0 aromatic heterocycles. The van der Waals surface area contributed by atoms with Crippen LogP contribution in [0.15, 0.2) is 0 Å². The van der Waals surface area contributed by atoms with Crippen LogP contribution in [0.25, 0.3) is 0 Å². The number of aliphatic hydroxyl groups is 1. The zero-order valence-electron chi connectivity index (χ0n) is 4.57. The molecule has 0 aromatic rings. The smallest absolute Gasteiger partial charge is 0.331 e. The molecule has 0 aromatic carbocycles. The maximum absolute atomic E-state index is 10.2. The summed E-state index contributed by atoms with van der Waals surface area (Å²) in [6, 6.07) is 0. The van der Waals surface area contributed by atoms with E-state index in [4.69, 9.17) is 10.2 Å². The van der Waals surface area contributed by atoms with Gasteiger partial charge in [0.05, 0.1) is 0 Å². The van der Waals surface area contributed by atoms with Crippen molar-refractivity contribution < 1.29 is 15.0 Å². The highest BCUT2D eigenvalue weighted by atomic mass is 32.2. The Labute approximate surface area is 56.3 Å². The van der Waals surface area contributed by atoms with Crippen molar-refractivity contribution >= 4 is 17.7 Å². The first-order valence-corrected chi connectivity index (χ1v) is 3.53. The molecule has 0 saturated carbocycles. The number of rotatable bonds is 1. The van der Waals surface area contributed by atoms with Crippen LogP contribution in [0.2, 0.25) is 0 Å². The maximum Gasteiger partial charge on any atom is 0.331 e. The fourth-order valence-electron chi connectivity index (χ4n) is 0.601. The molecule has 5 heteroatoms. The van der Waals surface area contributed by atoms with Gasteiger partial charge in [0.2, 0.25) is 0 Å². The molecule has 3 N–H and O–H groups in total. The van der Waals surface area contributed by atoms with Gasteiger partial charge in [-0.05, 0) is 0 Å². The molecular weight excluding hydrogens is 142 g/mol. The number of aliphatic hydroxyl groups excluding tert-OH is 1. The van der Waals surface area contributed by atoms with E-state index in [2.05, 4.69) is 5.32 Å². The molecule has 1 heterocycles. The largest absolute Gasteiger partial charge is 0.479 e. The topological polar surface area (TPSA) is 69.6 Å². The van der Waals surface area contributed by atoms with Crippen molar-refractivity contribution in [3.63, 3.8) is 0 Å². The number of aliphatic carboxylic acids is 1. The van der Waals surface area contributed by atoms with Crippen molar-refractivity contribution in [3.8, 4) is 0 Å². The van der Waals surface area contributed by atoms with Crippen molar-refractivity contribution in [3.05, 3.63) is 0 Å². The molecule has 2 atom stereocenters. The molecule has 1 rings (SSSR count). The monoisotopic (exact) mass is 149 g/mol. The summed E-state index contributed by atoms with van der Waals surface area (Å²) in [5, 5.41) is 18.9. The van der Waals surface area contributed by atoms with Gasteiger partial charge in [-0.25, -0.2) is 4.79 Å². The van der Waals surface area contributed by atoms with Gasteiger partial charge in [0.15, 0.2) is 5.37 Å². The number of carbonyl (C=O) groups is 1. The summed E-state index contributed by atoms with van der Waals surface area (Å²) in [4.78, 5) is 10.2. The van der Waals surface area contributed by atoms with E-state index in [9.17, 15) is 4.79 Å². The van der Waals surface area contributed by atoms with E-state index < -0.39 is 17.6 Å². The van der Waals surface area contributed by atoms with E-state index in [0.717, 1.165) is 0 Å². The molecule has 0 spiro atoms. The standard InChI is InChI=1S/C4H7NO3S/c6-2-1-9-3(5-2)4(7)8/h2-3,5-6H,1H2,(H,7,8). The van der Waals surface area contributed by atoms with Crippen molar-refractivity contribution in [2.75, 3.05) is 5.75 Å². The lowest BCUT2D eigenvalue weighted by molar-refractivity contribution is -0.137. The minimum Gasteiger partial charge on any atom is -0.479 e. The van der Waals surface area contributed by atoms with Gasteiger partial charge in [0.1, 0.15) is 6.23 Å². The van der Waals surface area contributed by atoms with Gasteiger partial charge < -0.3 is 10.2 Å². The third kappa shape index (κ3) is 1.57. The number of hydrogen-bond donors (Lipinski definition) is 3. The molecule has 0 bridgehead atoms. The summed E-state index contributed by atoms with van der Waals surface area (Å²) in [7, 11) is 0. The quantitative estimate of drug-likeness (QED) is 0.448. The van der Waals surface area contributed by atoms with Crippen molar-refractivity contribution in [2.45, 2.75) is 11.6 Å². The van der Waals surface area contributed by atoms with Gasteiger partial charge in [0.25, 0.3) is 0 Å². The lowest BCUT2D eigenvalue weighted by Crippen LogP contribution is -2.34. The molecule has 9 heavy (non-hydrogen) atoms. The van der Waals surface area contributed by atoms with Crippen LogP contribution >= 0.6 is 11.8 Å². The first-order chi connectivity index (χ1) is 4.20. The van der Waals surface area contributed by atoms with E-state index in [1.54, 1.807) is 0 Å². The fraction of sp³-hybridized carbons (Fsp3) is 0.750. The molecule has 0 radical (unpaired) electrons. The van der Waals surface area contributed by atoms with Gasteiger partial charge in [-0.15, -0.1) is 11.8 Å². The minimum absolute atomic E-state index is 0.455. The average molecular weight is 149 g/mol. The molecule has 52 valence electrons.